The van der Waals surface area contributed by atoms with Crippen molar-refractivity contribution in [3.05, 3.63) is 0 Å². The number of nitrogens with two attached hydrogens (primary N) is 1. The van der Waals surface area contributed by atoms with Gasteiger partial charge in [-0.05, 0) is 19.4 Å². The number of nitrogens with one attached hydrogen (secondary N) is 2. The molecule has 0 aromatic heterocycles. The highest BCUT2D eigenvalue weighted by Gasteiger charge is 2.22. The fraction of sp³-hybridized carbons (Fsp3) is 0.750. The normalized spacial score (nSPS) is 23.1. The van der Waals surface area contributed by atoms with Gasteiger partial charge < -0.3 is 21.5 Å². The minimum atomic E-state index is -1.11. The van der Waals surface area contributed by atoms with Crippen LogP contribution in [0.4, 0.5) is 0 Å². The topological polar surface area (TPSA) is 104 Å². The molecule has 0 unspecified atom stereocenters. The van der Waals surface area contributed by atoms with Gasteiger partial charge in [0, 0.05) is 6.54 Å². The summed E-state index contributed by atoms with van der Waals surface area (Å²) in [6.45, 7) is 0.815. The number of aliphatic carboxylic acids is 1. The molecule has 1 aliphatic rings. The molecule has 0 saturated carbocycles. The molecular formula is C8H15N3O3. The Bertz CT molecular complexity index is 226. The molecule has 1 rings (SSSR count). The van der Waals surface area contributed by atoms with E-state index in [1.54, 1.807) is 0 Å². The molecule has 1 heterocycles. The van der Waals surface area contributed by atoms with Crippen molar-refractivity contribution < 1.29 is 14.7 Å². The Morgan fingerprint density at radius 3 is 2.86 bits per heavy atom. The molecular weight excluding hydrogens is 186 g/mol. The third kappa shape index (κ3) is 2.97. The van der Waals surface area contributed by atoms with Gasteiger partial charge in [-0.3, -0.25) is 9.59 Å². The first kappa shape index (κ1) is 10.9. The number of amides is 1. The molecule has 0 aromatic rings. The standard InChI is InChI=1S/C8H15N3O3/c9-5(8(13)14)4-11-7(12)6-2-1-3-10-6/h5-6,10H,1-4,9H2,(H,11,12)(H,13,14)/t5-,6-/m0/s1. The zero-order valence-corrected chi connectivity index (χ0v) is 7.82. The number of hydrogen-bond acceptors (Lipinski definition) is 4. The summed E-state index contributed by atoms with van der Waals surface area (Å²) in [6.07, 6.45) is 1.78. The molecule has 0 aromatic carbocycles. The van der Waals surface area contributed by atoms with Crippen molar-refractivity contribution in [2.24, 2.45) is 5.73 Å². The average Bonchev–Trinajstić information content (AvgIpc) is 2.66. The number of hydrogen-bond donors (Lipinski definition) is 4. The quantitative estimate of drug-likeness (QED) is 0.432. The van der Waals surface area contributed by atoms with E-state index in [1.807, 2.05) is 0 Å². The van der Waals surface area contributed by atoms with Crippen molar-refractivity contribution in [3.8, 4) is 0 Å². The zero-order valence-electron chi connectivity index (χ0n) is 7.82. The molecule has 14 heavy (non-hydrogen) atoms. The first-order valence-corrected chi connectivity index (χ1v) is 4.60. The highest BCUT2D eigenvalue weighted by atomic mass is 16.4. The zero-order chi connectivity index (χ0) is 10.6. The van der Waals surface area contributed by atoms with E-state index in [4.69, 9.17) is 10.8 Å². The van der Waals surface area contributed by atoms with E-state index in [0.717, 1.165) is 19.4 Å². The summed E-state index contributed by atoms with van der Waals surface area (Å²) in [5.74, 6) is -1.27. The van der Waals surface area contributed by atoms with Crippen molar-refractivity contribution in [1.29, 1.82) is 0 Å². The second-order valence-electron chi connectivity index (χ2n) is 3.34. The molecule has 1 fully saturated rings. The maximum Gasteiger partial charge on any atom is 0.322 e. The second kappa shape index (κ2) is 4.92. The average molecular weight is 201 g/mol. The lowest BCUT2D eigenvalue weighted by Crippen LogP contribution is -2.47. The van der Waals surface area contributed by atoms with Gasteiger partial charge in [0.05, 0.1) is 6.04 Å². The molecule has 80 valence electrons. The predicted molar refractivity (Wildman–Crippen MR) is 49.6 cm³/mol. The van der Waals surface area contributed by atoms with Crippen molar-refractivity contribution in [3.63, 3.8) is 0 Å². The largest absolute Gasteiger partial charge is 0.480 e. The van der Waals surface area contributed by atoms with Crippen molar-refractivity contribution in [2.45, 2.75) is 24.9 Å². The number of carboxylic acid groups (broad SMARTS) is 1. The first-order valence-electron chi connectivity index (χ1n) is 4.60. The lowest BCUT2D eigenvalue weighted by molar-refractivity contribution is -0.138. The summed E-state index contributed by atoms with van der Waals surface area (Å²) in [6, 6.07) is -1.21. The summed E-state index contributed by atoms with van der Waals surface area (Å²) in [5.41, 5.74) is 5.23. The molecule has 0 bridgehead atoms. The maximum absolute atomic E-state index is 11.4. The highest BCUT2D eigenvalue weighted by Crippen LogP contribution is 2.04. The maximum atomic E-state index is 11.4. The third-order valence-electron chi connectivity index (χ3n) is 2.19. The SMILES string of the molecule is N[C@@H](CNC(=O)[C@@H]1CCCN1)C(=O)O. The molecule has 0 spiro atoms. The van der Waals surface area contributed by atoms with Crippen LogP contribution in [0.15, 0.2) is 0 Å². The van der Waals surface area contributed by atoms with Gasteiger partial charge in [0.2, 0.25) is 5.91 Å². The van der Waals surface area contributed by atoms with E-state index in [-0.39, 0.29) is 18.5 Å². The number of carbonyl (C=O) groups is 2. The predicted octanol–water partition coefficient (Wildman–Crippen LogP) is -1.73. The molecule has 0 radical (unpaired) electrons. The second-order valence-corrected chi connectivity index (χ2v) is 3.34. The Balaban J connectivity index is 2.23. The van der Waals surface area contributed by atoms with Gasteiger partial charge in [0.25, 0.3) is 0 Å². The van der Waals surface area contributed by atoms with Crippen LogP contribution in [0, 0.1) is 0 Å². The minimum Gasteiger partial charge on any atom is -0.480 e. The van der Waals surface area contributed by atoms with Gasteiger partial charge in [0.1, 0.15) is 6.04 Å². The van der Waals surface area contributed by atoms with Crippen LogP contribution in [-0.2, 0) is 9.59 Å². The molecule has 5 N–H and O–H groups in total. The first-order chi connectivity index (χ1) is 6.61. The van der Waals surface area contributed by atoms with Gasteiger partial charge in [-0.15, -0.1) is 0 Å². The van der Waals surface area contributed by atoms with Crippen LogP contribution < -0.4 is 16.4 Å². The Labute approximate surface area is 81.8 Å². The molecule has 6 heteroatoms. The van der Waals surface area contributed by atoms with Gasteiger partial charge in [-0.25, -0.2) is 0 Å². The number of carboxylic acids is 1. The minimum absolute atomic E-state index is 0.0215. The summed E-state index contributed by atoms with van der Waals surface area (Å²) in [5, 5.41) is 14.0. The molecule has 1 amide bonds. The van der Waals surface area contributed by atoms with Gasteiger partial charge in [-0.1, -0.05) is 0 Å². The van der Waals surface area contributed by atoms with Crippen LogP contribution in [0.3, 0.4) is 0 Å². The van der Waals surface area contributed by atoms with E-state index >= 15 is 0 Å². The van der Waals surface area contributed by atoms with E-state index < -0.39 is 12.0 Å². The lowest BCUT2D eigenvalue weighted by Gasteiger charge is -2.12. The van der Waals surface area contributed by atoms with Crippen LogP contribution in [0.25, 0.3) is 0 Å². The summed E-state index contributed by atoms with van der Waals surface area (Å²) < 4.78 is 0. The van der Waals surface area contributed by atoms with Crippen molar-refractivity contribution in [2.75, 3.05) is 13.1 Å². The molecule has 1 aliphatic heterocycles. The number of carbonyl (C=O) groups excluding carboxylic acids is 1. The monoisotopic (exact) mass is 201 g/mol. The molecule has 0 aliphatic carbocycles. The summed E-state index contributed by atoms with van der Waals surface area (Å²) in [4.78, 5) is 21.7. The van der Waals surface area contributed by atoms with Crippen LogP contribution in [-0.4, -0.2) is 42.2 Å². The Hall–Kier alpha value is -1.14. The van der Waals surface area contributed by atoms with Crippen LogP contribution >= 0.6 is 0 Å². The molecule has 6 nitrogen and oxygen atoms in total. The Morgan fingerprint density at radius 1 is 1.64 bits per heavy atom. The van der Waals surface area contributed by atoms with Crippen LogP contribution in [0.2, 0.25) is 0 Å². The van der Waals surface area contributed by atoms with E-state index in [9.17, 15) is 9.59 Å². The smallest absolute Gasteiger partial charge is 0.322 e. The summed E-state index contributed by atoms with van der Waals surface area (Å²) >= 11 is 0. The third-order valence-corrected chi connectivity index (χ3v) is 2.19. The summed E-state index contributed by atoms with van der Waals surface area (Å²) in [7, 11) is 0. The molecule has 1 saturated heterocycles. The fourth-order valence-corrected chi connectivity index (χ4v) is 1.33. The van der Waals surface area contributed by atoms with E-state index in [2.05, 4.69) is 10.6 Å². The Kier molecular flexibility index (Phi) is 3.84. The van der Waals surface area contributed by atoms with Crippen molar-refractivity contribution in [1.82, 2.24) is 10.6 Å². The van der Waals surface area contributed by atoms with E-state index in [0.29, 0.717) is 0 Å². The van der Waals surface area contributed by atoms with Gasteiger partial charge >= 0.3 is 5.97 Å². The highest BCUT2D eigenvalue weighted by molar-refractivity contribution is 5.83. The van der Waals surface area contributed by atoms with Crippen LogP contribution in [0.1, 0.15) is 12.8 Å². The van der Waals surface area contributed by atoms with Crippen molar-refractivity contribution >= 4 is 11.9 Å². The van der Waals surface area contributed by atoms with Gasteiger partial charge in [0.15, 0.2) is 0 Å². The van der Waals surface area contributed by atoms with Gasteiger partial charge in [-0.2, -0.15) is 0 Å². The molecule has 2 atom stereocenters. The number of rotatable bonds is 4. The van der Waals surface area contributed by atoms with Crippen LogP contribution in [0.5, 0.6) is 0 Å². The van der Waals surface area contributed by atoms with E-state index in [1.165, 1.54) is 0 Å². The fourth-order valence-electron chi connectivity index (χ4n) is 1.33. The Morgan fingerprint density at radius 2 is 2.36 bits per heavy atom. The lowest BCUT2D eigenvalue weighted by atomic mass is 10.2.